The number of hydrogen-bond donors (Lipinski definition) is 0. The van der Waals surface area contributed by atoms with Crippen LogP contribution in [0.4, 0.5) is 0 Å². The molecule has 0 aliphatic heterocycles. The smallest absolute Gasteiger partial charge is 0.244 e. The van der Waals surface area contributed by atoms with Gasteiger partial charge in [-0.25, -0.2) is 8.42 Å². The van der Waals surface area contributed by atoms with Gasteiger partial charge in [-0.05, 0) is 86.0 Å². The van der Waals surface area contributed by atoms with Crippen molar-refractivity contribution in [1.29, 1.82) is 0 Å². The van der Waals surface area contributed by atoms with Crippen LogP contribution in [0.15, 0.2) is 40.7 Å². The summed E-state index contributed by atoms with van der Waals surface area (Å²) in [5.74, 6) is 0. The van der Waals surface area contributed by atoms with Crippen LogP contribution >= 0.6 is 11.3 Å². The summed E-state index contributed by atoms with van der Waals surface area (Å²) in [7, 11) is -1.72. The Kier molecular flexibility index (Phi) is 5.84. The van der Waals surface area contributed by atoms with E-state index in [0.29, 0.717) is 18.0 Å². The third kappa shape index (κ3) is 3.69. The highest BCUT2D eigenvalue weighted by Gasteiger charge is 2.31. The maximum Gasteiger partial charge on any atom is 0.244 e. The van der Waals surface area contributed by atoms with Crippen LogP contribution in [0.5, 0.6) is 0 Å². The van der Waals surface area contributed by atoms with Gasteiger partial charge in [-0.2, -0.15) is 4.31 Å². The van der Waals surface area contributed by atoms with Gasteiger partial charge < -0.3 is 4.57 Å². The van der Waals surface area contributed by atoms with Crippen LogP contribution in [0, 0.1) is 34.6 Å². The van der Waals surface area contributed by atoms with Crippen molar-refractivity contribution in [2.24, 2.45) is 7.05 Å². The van der Waals surface area contributed by atoms with Crippen LogP contribution in [0.25, 0.3) is 0 Å². The van der Waals surface area contributed by atoms with Gasteiger partial charge in [-0.3, -0.25) is 0 Å². The number of benzene rings is 1. The van der Waals surface area contributed by atoms with Crippen molar-refractivity contribution in [3.63, 3.8) is 0 Å². The fraction of sp³-hybridized carbons (Fsp3) is 0.364. The van der Waals surface area contributed by atoms with Gasteiger partial charge in [0, 0.05) is 30.4 Å². The van der Waals surface area contributed by atoms with E-state index >= 15 is 0 Å². The van der Waals surface area contributed by atoms with Gasteiger partial charge in [0.05, 0.1) is 11.4 Å². The first-order chi connectivity index (χ1) is 13.1. The molecule has 0 aliphatic carbocycles. The highest BCUT2D eigenvalue weighted by atomic mass is 32.2. The van der Waals surface area contributed by atoms with Crippen LogP contribution in [-0.2, 0) is 30.2 Å². The van der Waals surface area contributed by atoms with Crippen molar-refractivity contribution < 1.29 is 8.42 Å². The molecule has 0 amide bonds. The predicted molar refractivity (Wildman–Crippen MR) is 116 cm³/mol. The number of aryl methyl sites for hydroxylation is 1. The largest absolute Gasteiger partial charge is 0.353 e. The van der Waals surface area contributed by atoms with E-state index in [2.05, 4.69) is 6.92 Å². The van der Waals surface area contributed by atoms with E-state index in [4.69, 9.17) is 0 Å². The maximum atomic E-state index is 13.9. The van der Waals surface area contributed by atoms with E-state index in [1.807, 2.05) is 75.2 Å². The molecule has 0 unspecified atom stereocenters. The lowest BCUT2D eigenvalue weighted by atomic mass is 9.95. The number of thiophene rings is 1. The van der Waals surface area contributed by atoms with Crippen LogP contribution in [0.1, 0.15) is 38.4 Å². The monoisotopic (exact) mass is 416 g/mol. The molecule has 0 atom stereocenters. The standard InChI is InChI=1S/C22H28N2O2S2/c1-15-16(2)18(4)22(19(5)17(15)3)28(25,26)24(14-21-10-8-12-27-21)13-20-9-7-11-23(20)6/h7-12H,13-14H2,1-6H3. The second kappa shape index (κ2) is 7.85. The Balaban J connectivity index is 2.15. The minimum atomic E-state index is -3.67. The Labute approximate surface area is 172 Å². The molecule has 6 heteroatoms. The van der Waals surface area contributed by atoms with Gasteiger partial charge >= 0.3 is 0 Å². The molecule has 0 saturated heterocycles. The fourth-order valence-corrected chi connectivity index (χ4v) is 6.38. The second-order valence-electron chi connectivity index (χ2n) is 7.42. The topological polar surface area (TPSA) is 42.3 Å². The zero-order valence-electron chi connectivity index (χ0n) is 17.4. The summed E-state index contributed by atoms with van der Waals surface area (Å²) in [5.41, 5.74) is 5.94. The first-order valence-electron chi connectivity index (χ1n) is 9.34. The highest BCUT2D eigenvalue weighted by Crippen LogP contribution is 2.33. The molecule has 0 N–H and O–H groups in total. The molecule has 3 aromatic rings. The average Bonchev–Trinajstić information content (AvgIpc) is 3.30. The molecule has 0 bridgehead atoms. The molecule has 0 radical (unpaired) electrons. The third-order valence-corrected chi connectivity index (χ3v) is 8.76. The van der Waals surface area contributed by atoms with Gasteiger partial charge in [0.25, 0.3) is 0 Å². The molecule has 1 aromatic carbocycles. The molecule has 0 spiro atoms. The van der Waals surface area contributed by atoms with Gasteiger partial charge in [0.15, 0.2) is 0 Å². The van der Waals surface area contributed by atoms with Crippen molar-refractivity contribution in [2.75, 3.05) is 0 Å². The Hall–Kier alpha value is -1.89. The summed E-state index contributed by atoms with van der Waals surface area (Å²) < 4.78 is 31.3. The maximum absolute atomic E-state index is 13.9. The van der Waals surface area contributed by atoms with Gasteiger partial charge in [0.2, 0.25) is 10.0 Å². The second-order valence-corrected chi connectivity index (χ2v) is 10.3. The third-order valence-electron chi connectivity index (χ3n) is 5.83. The summed E-state index contributed by atoms with van der Waals surface area (Å²) in [6.07, 6.45) is 1.95. The van der Waals surface area contributed by atoms with Crippen molar-refractivity contribution >= 4 is 21.4 Å². The van der Waals surface area contributed by atoms with E-state index in [1.54, 1.807) is 15.6 Å². The average molecular weight is 417 g/mol. The molecule has 0 aliphatic rings. The quantitative estimate of drug-likeness (QED) is 0.566. The summed E-state index contributed by atoms with van der Waals surface area (Å²) in [6.45, 7) is 10.6. The Morgan fingerprint density at radius 3 is 2.00 bits per heavy atom. The molecule has 2 heterocycles. The number of sulfonamides is 1. The van der Waals surface area contributed by atoms with Crippen LogP contribution < -0.4 is 0 Å². The number of nitrogens with zero attached hydrogens (tertiary/aromatic N) is 2. The van der Waals surface area contributed by atoms with E-state index in [-0.39, 0.29) is 0 Å². The summed E-state index contributed by atoms with van der Waals surface area (Å²) in [6, 6.07) is 7.87. The zero-order valence-corrected chi connectivity index (χ0v) is 19.0. The molecule has 150 valence electrons. The molecule has 4 nitrogen and oxygen atoms in total. The fourth-order valence-electron chi connectivity index (χ4n) is 3.63. The van der Waals surface area contributed by atoms with Crippen molar-refractivity contribution in [1.82, 2.24) is 8.87 Å². The number of rotatable bonds is 6. The van der Waals surface area contributed by atoms with Crippen LogP contribution in [-0.4, -0.2) is 17.3 Å². The van der Waals surface area contributed by atoms with Crippen LogP contribution in [0.2, 0.25) is 0 Å². The zero-order chi connectivity index (χ0) is 20.6. The van der Waals surface area contributed by atoms with Gasteiger partial charge in [-0.15, -0.1) is 11.3 Å². The van der Waals surface area contributed by atoms with Gasteiger partial charge in [-0.1, -0.05) is 6.07 Å². The normalized spacial score (nSPS) is 12.1. The SMILES string of the molecule is Cc1c(C)c(C)c(S(=O)(=O)N(Cc2cccs2)Cc2cccn2C)c(C)c1C. The molecular weight excluding hydrogens is 388 g/mol. The number of aromatic nitrogens is 1. The number of hydrogen-bond acceptors (Lipinski definition) is 3. The van der Waals surface area contributed by atoms with E-state index in [1.165, 1.54) is 5.56 Å². The lowest BCUT2D eigenvalue weighted by Gasteiger charge is -2.26. The molecule has 0 fully saturated rings. The Bertz CT molecular complexity index is 1070. The van der Waals surface area contributed by atoms with E-state index < -0.39 is 10.0 Å². The van der Waals surface area contributed by atoms with Crippen molar-refractivity contribution in [3.05, 3.63) is 74.2 Å². The molecule has 28 heavy (non-hydrogen) atoms. The van der Waals surface area contributed by atoms with E-state index in [0.717, 1.165) is 32.8 Å². The first kappa shape index (κ1) is 20.8. The molecule has 0 saturated carbocycles. The molecular formula is C22H28N2O2S2. The lowest BCUT2D eigenvalue weighted by molar-refractivity contribution is 0.394. The molecule has 2 aromatic heterocycles. The minimum absolute atomic E-state index is 0.342. The minimum Gasteiger partial charge on any atom is -0.353 e. The first-order valence-corrected chi connectivity index (χ1v) is 11.7. The van der Waals surface area contributed by atoms with Crippen LogP contribution in [0.3, 0.4) is 0 Å². The van der Waals surface area contributed by atoms with E-state index in [9.17, 15) is 8.42 Å². The van der Waals surface area contributed by atoms with Crippen molar-refractivity contribution in [3.8, 4) is 0 Å². The highest BCUT2D eigenvalue weighted by molar-refractivity contribution is 7.89. The van der Waals surface area contributed by atoms with Crippen molar-refractivity contribution in [2.45, 2.75) is 52.6 Å². The summed E-state index contributed by atoms with van der Waals surface area (Å²) >= 11 is 1.58. The Morgan fingerprint density at radius 2 is 1.50 bits per heavy atom. The summed E-state index contributed by atoms with van der Waals surface area (Å²) in [5, 5.41) is 1.99. The lowest BCUT2D eigenvalue weighted by Crippen LogP contribution is -2.32. The summed E-state index contributed by atoms with van der Waals surface area (Å²) in [4.78, 5) is 1.49. The Morgan fingerprint density at radius 1 is 0.893 bits per heavy atom. The predicted octanol–water partition coefficient (Wildman–Crippen LogP) is 5.02. The van der Waals surface area contributed by atoms with Gasteiger partial charge in [0.1, 0.15) is 0 Å². The molecule has 3 rings (SSSR count).